The monoisotopic (exact) mass is 273 g/mol. The van der Waals surface area contributed by atoms with Crippen molar-refractivity contribution < 1.29 is 14.3 Å². The van der Waals surface area contributed by atoms with E-state index in [1.807, 2.05) is 19.1 Å². The normalized spacial score (nSPS) is 17.2. The molecule has 0 bridgehead atoms. The predicted octanol–water partition coefficient (Wildman–Crippen LogP) is 3.16. The summed E-state index contributed by atoms with van der Waals surface area (Å²) < 4.78 is 10.3. The highest BCUT2D eigenvalue weighted by molar-refractivity contribution is 5.87. The molecule has 0 saturated heterocycles. The Labute approximate surface area is 118 Å². The molecule has 1 aliphatic carbocycles. The average Bonchev–Trinajstić information content (AvgIpc) is 2.98. The third kappa shape index (κ3) is 2.15. The Morgan fingerprint density at radius 2 is 2.30 bits per heavy atom. The number of hydrogen-bond donors (Lipinski definition) is 1. The molecule has 2 aromatic rings. The van der Waals surface area contributed by atoms with E-state index in [-0.39, 0.29) is 11.9 Å². The van der Waals surface area contributed by atoms with Crippen LogP contribution in [0.3, 0.4) is 0 Å². The molecule has 20 heavy (non-hydrogen) atoms. The number of aromatic amines is 1. The lowest BCUT2D eigenvalue weighted by atomic mass is 10.0. The fourth-order valence-corrected chi connectivity index (χ4v) is 3.08. The van der Waals surface area contributed by atoms with Crippen LogP contribution in [0, 0.1) is 0 Å². The van der Waals surface area contributed by atoms with Crippen molar-refractivity contribution in [2.45, 2.75) is 32.1 Å². The van der Waals surface area contributed by atoms with Gasteiger partial charge in [0.05, 0.1) is 20.1 Å². The summed E-state index contributed by atoms with van der Waals surface area (Å²) in [5.41, 5.74) is 3.64. The van der Waals surface area contributed by atoms with Gasteiger partial charge >= 0.3 is 5.97 Å². The SMILES string of the molecule is CCOC(=O)C[C@@H]1CCc2c1[nH]c1ccc(OC)cc21. The van der Waals surface area contributed by atoms with Gasteiger partial charge in [-0.3, -0.25) is 4.79 Å². The number of benzene rings is 1. The minimum atomic E-state index is -0.110. The van der Waals surface area contributed by atoms with E-state index in [1.165, 1.54) is 16.6 Å². The zero-order valence-corrected chi connectivity index (χ0v) is 11.9. The first-order valence-corrected chi connectivity index (χ1v) is 7.07. The van der Waals surface area contributed by atoms with Crippen molar-refractivity contribution in [2.24, 2.45) is 0 Å². The Bertz CT molecular complexity index is 644. The van der Waals surface area contributed by atoms with Crippen LogP contribution in [-0.2, 0) is 16.0 Å². The molecule has 4 heteroatoms. The summed E-state index contributed by atoms with van der Waals surface area (Å²) in [7, 11) is 1.68. The van der Waals surface area contributed by atoms with Gasteiger partial charge < -0.3 is 14.5 Å². The molecule has 0 unspecified atom stereocenters. The second kappa shape index (κ2) is 5.19. The van der Waals surface area contributed by atoms with Gasteiger partial charge in [-0.05, 0) is 43.5 Å². The predicted molar refractivity (Wildman–Crippen MR) is 77.2 cm³/mol. The van der Waals surface area contributed by atoms with E-state index in [0.717, 1.165) is 24.1 Å². The lowest BCUT2D eigenvalue weighted by Gasteiger charge is -2.08. The highest BCUT2D eigenvalue weighted by Crippen LogP contribution is 2.40. The van der Waals surface area contributed by atoms with E-state index in [9.17, 15) is 4.79 Å². The Balaban J connectivity index is 1.91. The van der Waals surface area contributed by atoms with E-state index in [0.29, 0.717) is 13.0 Å². The summed E-state index contributed by atoms with van der Waals surface area (Å²) >= 11 is 0. The number of ether oxygens (including phenoxy) is 2. The smallest absolute Gasteiger partial charge is 0.306 e. The van der Waals surface area contributed by atoms with E-state index in [1.54, 1.807) is 7.11 Å². The maximum atomic E-state index is 11.7. The van der Waals surface area contributed by atoms with Gasteiger partial charge in [-0.2, -0.15) is 0 Å². The highest BCUT2D eigenvalue weighted by atomic mass is 16.5. The van der Waals surface area contributed by atoms with E-state index < -0.39 is 0 Å². The molecule has 3 rings (SSSR count). The maximum Gasteiger partial charge on any atom is 0.306 e. The van der Waals surface area contributed by atoms with Crippen LogP contribution in [-0.4, -0.2) is 24.7 Å². The number of methoxy groups -OCH3 is 1. The van der Waals surface area contributed by atoms with E-state index >= 15 is 0 Å². The number of fused-ring (bicyclic) bond motifs is 3. The summed E-state index contributed by atoms with van der Waals surface area (Å²) in [4.78, 5) is 15.1. The second-order valence-corrected chi connectivity index (χ2v) is 5.17. The molecule has 1 aromatic carbocycles. The van der Waals surface area contributed by atoms with Crippen molar-refractivity contribution in [3.8, 4) is 5.75 Å². The van der Waals surface area contributed by atoms with E-state index in [2.05, 4.69) is 11.1 Å². The minimum absolute atomic E-state index is 0.110. The van der Waals surface area contributed by atoms with Crippen molar-refractivity contribution in [3.05, 3.63) is 29.5 Å². The second-order valence-electron chi connectivity index (χ2n) is 5.17. The van der Waals surface area contributed by atoms with Crippen LogP contribution in [0.2, 0.25) is 0 Å². The third-order valence-electron chi connectivity index (χ3n) is 4.02. The van der Waals surface area contributed by atoms with Gasteiger partial charge in [-0.1, -0.05) is 0 Å². The van der Waals surface area contributed by atoms with Crippen molar-refractivity contribution >= 4 is 16.9 Å². The first-order chi connectivity index (χ1) is 9.72. The van der Waals surface area contributed by atoms with Gasteiger partial charge in [0.15, 0.2) is 0 Å². The molecule has 1 atom stereocenters. The number of hydrogen-bond acceptors (Lipinski definition) is 3. The van der Waals surface area contributed by atoms with Gasteiger partial charge in [-0.15, -0.1) is 0 Å². The summed E-state index contributed by atoms with van der Waals surface area (Å²) in [6, 6.07) is 6.06. The fraction of sp³-hybridized carbons (Fsp3) is 0.438. The van der Waals surface area contributed by atoms with Crippen LogP contribution in [0.4, 0.5) is 0 Å². The van der Waals surface area contributed by atoms with Crippen molar-refractivity contribution in [2.75, 3.05) is 13.7 Å². The molecule has 4 nitrogen and oxygen atoms in total. The summed E-state index contributed by atoms with van der Waals surface area (Å²) in [6.07, 6.45) is 2.48. The molecular weight excluding hydrogens is 254 g/mol. The summed E-state index contributed by atoms with van der Waals surface area (Å²) in [6.45, 7) is 2.29. The molecule has 1 N–H and O–H groups in total. The molecule has 0 radical (unpaired) electrons. The number of esters is 1. The fourth-order valence-electron chi connectivity index (χ4n) is 3.08. The quantitative estimate of drug-likeness (QED) is 0.871. The maximum absolute atomic E-state index is 11.7. The Kier molecular flexibility index (Phi) is 3.38. The minimum Gasteiger partial charge on any atom is -0.497 e. The Morgan fingerprint density at radius 1 is 1.45 bits per heavy atom. The van der Waals surface area contributed by atoms with Crippen LogP contribution in [0.5, 0.6) is 5.75 Å². The van der Waals surface area contributed by atoms with Crippen LogP contribution < -0.4 is 4.74 Å². The molecular formula is C16H19NO3. The molecule has 0 amide bonds. The largest absolute Gasteiger partial charge is 0.497 e. The Hall–Kier alpha value is -1.97. The molecule has 1 aliphatic rings. The summed E-state index contributed by atoms with van der Waals surface area (Å²) in [5.74, 6) is 1.01. The molecule has 1 aromatic heterocycles. The number of aromatic nitrogens is 1. The van der Waals surface area contributed by atoms with Crippen molar-refractivity contribution in [1.29, 1.82) is 0 Å². The zero-order chi connectivity index (χ0) is 14.1. The molecule has 0 spiro atoms. The van der Waals surface area contributed by atoms with E-state index in [4.69, 9.17) is 9.47 Å². The standard InChI is InChI=1S/C16H19NO3/c1-3-20-15(18)8-10-4-6-12-13-9-11(19-2)5-7-14(13)17-16(10)12/h5,7,9-10,17H,3-4,6,8H2,1-2H3/t10-/m0/s1. The number of H-pyrrole nitrogens is 1. The van der Waals surface area contributed by atoms with Crippen LogP contribution in [0.25, 0.3) is 10.9 Å². The first-order valence-electron chi connectivity index (χ1n) is 7.07. The third-order valence-corrected chi connectivity index (χ3v) is 4.02. The first kappa shape index (κ1) is 13.0. The molecule has 0 saturated carbocycles. The molecule has 0 fully saturated rings. The van der Waals surface area contributed by atoms with Crippen LogP contribution in [0.15, 0.2) is 18.2 Å². The Morgan fingerprint density at radius 3 is 3.05 bits per heavy atom. The topological polar surface area (TPSA) is 51.3 Å². The van der Waals surface area contributed by atoms with Crippen LogP contribution in [0.1, 0.15) is 36.9 Å². The van der Waals surface area contributed by atoms with Crippen LogP contribution >= 0.6 is 0 Å². The number of carbonyl (C=O) groups excluding carboxylic acids is 1. The van der Waals surface area contributed by atoms with Gasteiger partial charge in [0.1, 0.15) is 5.75 Å². The lowest BCUT2D eigenvalue weighted by Crippen LogP contribution is -2.08. The average molecular weight is 273 g/mol. The number of nitrogens with one attached hydrogen (secondary N) is 1. The zero-order valence-electron chi connectivity index (χ0n) is 11.9. The van der Waals surface area contributed by atoms with Gasteiger partial charge in [0, 0.05) is 22.5 Å². The summed E-state index contributed by atoms with van der Waals surface area (Å²) in [5, 5.41) is 1.21. The van der Waals surface area contributed by atoms with Crippen molar-refractivity contribution in [1.82, 2.24) is 4.98 Å². The molecule has 0 aliphatic heterocycles. The highest BCUT2D eigenvalue weighted by Gasteiger charge is 2.28. The lowest BCUT2D eigenvalue weighted by molar-refractivity contribution is -0.143. The molecule has 106 valence electrons. The van der Waals surface area contributed by atoms with Crippen molar-refractivity contribution in [3.63, 3.8) is 0 Å². The van der Waals surface area contributed by atoms with Gasteiger partial charge in [0.2, 0.25) is 0 Å². The number of carbonyl (C=O) groups is 1. The number of rotatable bonds is 4. The molecule has 1 heterocycles. The van der Waals surface area contributed by atoms with Gasteiger partial charge in [-0.25, -0.2) is 0 Å². The van der Waals surface area contributed by atoms with Gasteiger partial charge in [0.25, 0.3) is 0 Å². The number of aryl methyl sites for hydroxylation is 1.